The number of esters is 1. The molecule has 1 aromatic heterocycles. The van der Waals surface area contributed by atoms with Crippen LogP contribution >= 0.6 is 11.6 Å². The number of halogens is 1. The SMILES string of the molecule is COC(=O)Cc1c(C)c2ccc(OCC(=O)c3ccc(Cl)cc3)cc2oc1=O. The van der Waals surface area contributed by atoms with Crippen LogP contribution in [0.3, 0.4) is 0 Å². The van der Waals surface area contributed by atoms with Crippen molar-refractivity contribution in [3.8, 4) is 5.75 Å². The Balaban J connectivity index is 1.81. The summed E-state index contributed by atoms with van der Waals surface area (Å²) in [5.41, 5.74) is 1.09. The molecule has 0 bridgehead atoms. The highest BCUT2D eigenvalue weighted by Gasteiger charge is 2.16. The molecule has 1 heterocycles. The molecule has 0 saturated heterocycles. The molecular formula is C21H17ClO6. The highest BCUT2D eigenvalue weighted by Crippen LogP contribution is 2.24. The van der Waals surface area contributed by atoms with Gasteiger partial charge in [-0.05, 0) is 48.9 Å². The van der Waals surface area contributed by atoms with Gasteiger partial charge in [0, 0.05) is 22.0 Å². The first-order chi connectivity index (χ1) is 13.4. The van der Waals surface area contributed by atoms with Crippen molar-refractivity contribution in [3.05, 3.63) is 74.6 Å². The smallest absolute Gasteiger partial charge is 0.340 e. The average Bonchev–Trinajstić information content (AvgIpc) is 2.69. The Morgan fingerprint density at radius 1 is 1.11 bits per heavy atom. The molecule has 0 aliphatic carbocycles. The third kappa shape index (κ3) is 4.23. The van der Waals surface area contributed by atoms with Gasteiger partial charge in [-0.2, -0.15) is 0 Å². The fourth-order valence-corrected chi connectivity index (χ4v) is 2.88. The Morgan fingerprint density at radius 3 is 2.50 bits per heavy atom. The van der Waals surface area contributed by atoms with E-state index in [0.717, 1.165) is 0 Å². The van der Waals surface area contributed by atoms with Crippen molar-refractivity contribution in [3.63, 3.8) is 0 Å². The Kier molecular flexibility index (Phi) is 5.80. The second-order valence-electron chi connectivity index (χ2n) is 6.12. The van der Waals surface area contributed by atoms with Crippen LogP contribution in [0.25, 0.3) is 11.0 Å². The summed E-state index contributed by atoms with van der Waals surface area (Å²) in [4.78, 5) is 35.9. The minimum atomic E-state index is -0.607. The summed E-state index contributed by atoms with van der Waals surface area (Å²) >= 11 is 5.81. The van der Waals surface area contributed by atoms with Crippen LogP contribution in [0.5, 0.6) is 5.75 Å². The van der Waals surface area contributed by atoms with Crippen molar-refractivity contribution in [2.45, 2.75) is 13.3 Å². The van der Waals surface area contributed by atoms with Crippen molar-refractivity contribution in [2.75, 3.05) is 13.7 Å². The number of methoxy groups -OCH3 is 1. The monoisotopic (exact) mass is 400 g/mol. The second-order valence-corrected chi connectivity index (χ2v) is 6.56. The predicted molar refractivity (Wildman–Crippen MR) is 104 cm³/mol. The van der Waals surface area contributed by atoms with Crippen molar-refractivity contribution in [1.82, 2.24) is 0 Å². The van der Waals surface area contributed by atoms with E-state index in [2.05, 4.69) is 4.74 Å². The normalized spacial score (nSPS) is 10.7. The Labute approximate surface area is 165 Å². The number of hydrogen-bond donors (Lipinski definition) is 0. The third-order valence-corrected chi connectivity index (χ3v) is 4.60. The van der Waals surface area contributed by atoms with Crippen LogP contribution in [0, 0.1) is 6.92 Å². The van der Waals surface area contributed by atoms with Crippen LogP contribution in [-0.2, 0) is 16.0 Å². The number of carbonyl (C=O) groups is 2. The maximum absolute atomic E-state index is 12.2. The van der Waals surface area contributed by atoms with Gasteiger partial charge in [0.1, 0.15) is 11.3 Å². The van der Waals surface area contributed by atoms with Gasteiger partial charge >= 0.3 is 11.6 Å². The number of ether oxygens (including phenoxy) is 2. The molecule has 0 spiro atoms. The summed E-state index contributed by atoms with van der Waals surface area (Å²) in [5.74, 6) is -0.337. The van der Waals surface area contributed by atoms with Gasteiger partial charge in [-0.3, -0.25) is 9.59 Å². The molecule has 144 valence electrons. The number of hydrogen-bond acceptors (Lipinski definition) is 6. The molecule has 0 radical (unpaired) electrons. The number of fused-ring (bicyclic) bond motifs is 1. The summed E-state index contributed by atoms with van der Waals surface area (Å²) in [5, 5.41) is 1.22. The van der Waals surface area contributed by atoms with E-state index in [1.54, 1.807) is 49.4 Å². The molecule has 7 heteroatoms. The van der Waals surface area contributed by atoms with Crippen molar-refractivity contribution in [2.24, 2.45) is 0 Å². The quantitative estimate of drug-likeness (QED) is 0.356. The Hall–Kier alpha value is -3.12. The molecule has 6 nitrogen and oxygen atoms in total. The molecule has 0 fully saturated rings. The third-order valence-electron chi connectivity index (χ3n) is 4.34. The van der Waals surface area contributed by atoms with E-state index in [9.17, 15) is 14.4 Å². The van der Waals surface area contributed by atoms with Gasteiger partial charge in [0.25, 0.3) is 0 Å². The van der Waals surface area contributed by atoms with Gasteiger partial charge < -0.3 is 13.9 Å². The van der Waals surface area contributed by atoms with E-state index in [4.69, 9.17) is 20.8 Å². The maximum atomic E-state index is 12.2. The topological polar surface area (TPSA) is 82.8 Å². The second kappa shape index (κ2) is 8.27. The van der Waals surface area contributed by atoms with Gasteiger partial charge in [0.05, 0.1) is 19.1 Å². The molecule has 2 aromatic carbocycles. The number of aryl methyl sites for hydroxylation is 1. The predicted octanol–water partition coefficient (Wildman–Crippen LogP) is 3.73. The zero-order chi connectivity index (χ0) is 20.3. The van der Waals surface area contributed by atoms with Crippen LogP contribution in [0.2, 0.25) is 5.02 Å². The summed E-state index contributed by atoms with van der Waals surface area (Å²) in [7, 11) is 1.26. The average molecular weight is 401 g/mol. The van der Waals surface area contributed by atoms with Crippen LogP contribution in [0.15, 0.2) is 51.7 Å². The van der Waals surface area contributed by atoms with Gasteiger partial charge in [-0.15, -0.1) is 0 Å². The van der Waals surface area contributed by atoms with Crippen LogP contribution in [-0.4, -0.2) is 25.5 Å². The summed E-state index contributed by atoms with van der Waals surface area (Å²) in [6.07, 6.45) is -0.158. The van der Waals surface area contributed by atoms with Crippen LogP contribution in [0.4, 0.5) is 0 Å². The molecule has 3 rings (SSSR count). The molecule has 0 atom stereocenters. The van der Waals surface area contributed by atoms with E-state index in [-0.39, 0.29) is 24.4 Å². The summed E-state index contributed by atoms with van der Waals surface area (Å²) in [6.45, 7) is 1.57. The first-order valence-electron chi connectivity index (χ1n) is 8.43. The molecule has 0 aliphatic rings. The first kappa shape index (κ1) is 19.6. The lowest BCUT2D eigenvalue weighted by molar-refractivity contribution is -0.139. The number of benzene rings is 2. The lowest BCUT2D eigenvalue weighted by Gasteiger charge is -2.09. The molecule has 0 saturated carbocycles. The highest BCUT2D eigenvalue weighted by molar-refractivity contribution is 6.30. The molecule has 0 N–H and O–H groups in total. The van der Waals surface area contributed by atoms with Gasteiger partial charge in [-0.25, -0.2) is 4.79 Å². The lowest BCUT2D eigenvalue weighted by Crippen LogP contribution is -2.16. The zero-order valence-electron chi connectivity index (χ0n) is 15.3. The number of rotatable bonds is 6. The zero-order valence-corrected chi connectivity index (χ0v) is 16.0. The van der Waals surface area contributed by atoms with Gasteiger partial charge in [-0.1, -0.05) is 11.6 Å². The number of carbonyl (C=O) groups excluding carboxylic acids is 2. The molecule has 0 unspecified atom stereocenters. The maximum Gasteiger partial charge on any atom is 0.340 e. The van der Waals surface area contributed by atoms with Crippen molar-refractivity contribution < 1.29 is 23.5 Å². The number of Topliss-reactive ketones (excluding diaryl/α,β-unsaturated/α-hetero) is 1. The fourth-order valence-electron chi connectivity index (χ4n) is 2.75. The van der Waals surface area contributed by atoms with Gasteiger partial charge in [0.2, 0.25) is 0 Å². The van der Waals surface area contributed by atoms with E-state index in [1.807, 2.05) is 0 Å². The van der Waals surface area contributed by atoms with Crippen molar-refractivity contribution >= 4 is 34.3 Å². The summed E-state index contributed by atoms with van der Waals surface area (Å²) in [6, 6.07) is 11.4. The van der Waals surface area contributed by atoms with Gasteiger partial charge in [0.15, 0.2) is 12.4 Å². The molecule has 3 aromatic rings. The molecule has 0 aliphatic heterocycles. The van der Waals surface area contributed by atoms with Crippen LogP contribution in [0.1, 0.15) is 21.5 Å². The van der Waals surface area contributed by atoms with E-state index >= 15 is 0 Å². The first-order valence-corrected chi connectivity index (χ1v) is 8.81. The largest absolute Gasteiger partial charge is 0.485 e. The standard InChI is InChI=1S/C21H17ClO6/c1-12-16-8-7-15(27-11-18(23)13-3-5-14(22)6-4-13)9-19(16)28-21(25)17(12)10-20(24)26-2/h3-9H,10-11H2,1-2H3. The summed E-state index contributed by atoms with van der Waals surface area (Å²) < 4.78 is 15.5. The molecular weight excluding hydrogens is 384 g/mol. The Morgan fingerprint density at radius 2 is 1.82 bits per heavy atom. The fraction of sp³-hybridized carbons (Fsp3) is 0.190. The highest BCUT2D eigenvalue weighted by atomic mass is 35.5. The van der Waals surface area contributed by atoms with Crippen molar-refractivity contribution in [1.29, 1.82) is 0 Å². The lowest BCUT2D eigenvalue weighted by atomic mass is 10.0. The van der Waals surface area contributed by atoms with E-state index in [0.29, 0.717) is 32.9 Å². The molecule has 0 amide bonds. The molecule has 28 heavy (non-hydrogen) atoms. The van der Waals surface area contributed by atoms with E-state index < -0.39 is 11.6 Å². The number of ketones is 1. The minimum Gasteiger partial charge on any atom is -0.485 e. The van der Waals surface area contributed by atoms with Crippen LogP contribution < -0.4 is 10.4 Å². The minimum absolute atomic E-state index is 0.158. The van der Waals surface area contributed by atoms with E-state index in [1.165, 1.54) is 7.11 Å². The Bertz CT molecular complexity index is 1100.